The van der Waals surface area contributed by atoms with Crippen molar-refractivity contribution in [1.29, 1.82) is 0 Å². The average molecular weight is 967 g/mol. The van der Waals surface area contributed by atoms with Gasteiger partial charge in [-0.15, -0.1) is 0 Å². The molecular formula is C45H38N6O17S. The molecule has 0 saturated heterocycles. The zero-order valence-corrected chi connectivity index (χ0v) is 37.0. The lowest BCUT2D eigenvalue weighted by molar-refractivity contribution is -0.386. The van der Waals surface area contributed by atoms with Gasteiger partial charge in [0.15, 0.2) is 11.4 Å². The SMILES string of the molecule is CCCNC(=O)c1ccc([N+](=O)[O-])c(COC(=O)Nc2ccc3c(c2)Oc2cc(NC(=O)OCc4cc(C(=O)NCCS(=O)(=O)O)ccc4[N+](=O)[O-])ccc2C32OC(=O)c3cc(C(C)=O)ccc32)c1. The molecule has 0 aliphatic carbocycles. The minimum Gasteiger partial charge on any atom is -0.456 e. The Labute approximate surface area is 390 Å². The molecule has 1 unspecified atom stereocenters. The number of amides is 4. The molecule has 356 valence electrons. The number of fused-ring (bicyclic) bond motifs is 6. The van der Waals surface area contributed by atoms with Gasteiger partial charge in [0.05, 0.1) is 32.3 Å². The van der Waals surface area contributed by atoms with Crippen molar-refractivity contribution in [1.82, 2.24) is 10.6 Å². The van der Waals surface area contributed by atoms with Crippen molar-refractivity contribution in [2.75, 3.05) is 29.5 Å². The van der Waals surface area contributed by atoms with Crippen molar-refractivity contribution in [3.8, 4) is 11.5 Å². The number of hydrogen-bond acceptors (Lipinski definition) is 16. The molecule has 5 aromatic carbocycles. The largest absolute Gasteiger partial charge is 0.456 e. The summed E-state index contributed by atoms with van der Waals surface area (Å²) in [6.45, 7) is 1.80. The van der Waals surface area contributed by atoms with E-state index in [1.54, 1.807) is 6.07 Å². The molecule has 23 nitrogen and oxygen atoms in total. The normalized spacial score (nSPS) is 14.2. The number of carbonyl (C=O) groups excluding carboxylic acids is 6. The molecule has 24 heteroatoms. The summed E-state index contributed by atoms with van der Waals surface area (Å²) in [5.41, 5.74) is -1.55. The second-order valence-electron chi connectivity index (χ2n) is 15.3. The first kappa shape index (κ1) is 48.2. The number of ether oxygens (including phenoxy) is 4. The van der Waals surface area contributed by atoms with Crippen LogP contribution >= 0.6 is 0 Å². The zero-order chi connectivity index (χ0) is 49.8. The number of rotatable bonds is 16. The van der Waals surface area contributed by atoms with Crippen LogP contribution in [-0.4, -0.2) is 77.4 Å². The van der Waals surface area contributed by atoms with E-state index in [1.807, 2.05) is 6.92 Å². The fourth-order valence-corrected chi connectivity index (χ4v) is 7.83. The van der Waals surface area contributed by atoms with E-state index in [0.29, 0.717) is 18.5 Å². The number of nitro groups is 2. The third-order valence-electron chi connectivity index (χ3n) is 10.7. The van der Waals surface area contributed by atoms with Gasteiger partial charge in [0.2, 0.25) is 0 Å². The number of esters is 1. The highest BCUT2D eigenvalue weighted by atomic mass is 32.2. The van der Waals surface area contributed by atoms with Gasteiger partial charge < -0.3 is 29.6 Å². The summed E-state index contributed by atoms with van der Waals surface area (Å²) >= 11 is 0. The lowest BCUT2D eigenvalue weighted by Gasteiger charge is -2.36. The molecule has 2 aliphatic heterocycles. The van der Waals surface area contributed by atoms with Crippen LogP contribution in [0.1, 0.15) is 89.5 Å². The van der Waals surface area contributed by atoms with Crippen LogP contribution in [0.15, 0.2) is 91.0 Å². The summed E-state index contributed by atoms with van der Waals surface area (Å²) in [7, 11) is -4.38. The Bertz CT molecular complexity index is 3120. The Morgan fingerprint density at radius 3 is 1.62 bits per heavy atom. The number of anilines is 2. The van der Waals surface area contributed by atoms with Crippen LogP contribution in [0.3, 0.4) is 0 Å². The average Bonchev–Trinajstić information content (AvgIpc) is 3.59. The fraction of sp³-hybridized carbons (Fsp3) is 0.200. The molecule has 2 heterocycles. The van der Waals surface area contributed by atoms with Crippen molar-refractivity contribution in [3.05, 3.63) is 161 Å². The molecule has 4 amide bonds. The first-order valence-electron chi connectivity index (χ1n) is 20.6. The molecule has 5 N–H and O–H groups in total. The summed E-state index contributed by atoms with van der Waals surface area (Å²) in [6.07, 6.45) is -1.51. The van der Waals surface area contributed by atoms with Crippen LogP contribution in [0.2, 0.25) is 0 Å². The molecule has 5 aromatic rings. The van der Waals surface area contributed by atoms with Crippen molar-refractivity contribution in [2.24, 2.45) is 0 Å². The van der Waals surface area contributed by atoms with Crippen LogP contribution in [-0.2, 0) is 43.1 Å². The summed E-state index contributed by atoms with van der Waals surface area (Å²) in [6, 6.07) is 19.9. The van der Waals surface area contributed by atoms with E-state index in [9.17, 15) is 57.4 Å². The van der Waals surface area contributed by atoms with E-state index in [0.717, 1.165) is 24.3 Å². The van der Waals surface area contributed by atoms with Crippen LogP contribution < -0.4 is 26.0 Å². The van der Waals surface area contributed by atoms with Crippen molar-refractivity contribution in [2.45, 2.75) is 39.1 Å². The van der Waals surface area contributed by atoms with Gasteiger partial charge in [-0.05, 0) is 67.9 Å². The number of carbonyl (C=O) groups is 6. The van der Waals surface area contributed by atoms with E-state index >= 15 is 0 Å². The third kappa shape index (κ3) is 10.5. The quantitative estimate of drug-likeness (QED) is 0.0175. The molecule has 69 heavy (non-hydrogen) atoms. The maximum atomic E-state index is 13.6. The number of Topliss-reactive ketones (excluding diaryl/α,β-unsaturated/α-hetero) is 1. The highest BCUT2D eigenvalue weighted by Crippen LogP contribution is 2.57. The fourth-order valence-electron chi connectivity index (χ4n) is 7.47. The number of benzene rings is 5. The van der Waals surface area contributed by atoms with E-state index in [-0.39, 0.29) is 78.9 Å². The summed E-state index contributed by atoms with van der Waals surface area (Å²) < 4.78 is 54.1. The third-order valence-corrected chi connectivity index (χ3v) is 11.4. The van der Waals surface area contributed by atoms with Gasteiger partial charge in [0.1, 0.15) is 24.7 Å². The number of hydrogen-bond donors (Lipinski definition) is 5. The predicted molar refractivity (Wildman–Crippen MR) is 240 cm³/mol. The van der Waals surface area contributed by atoms with Gasteiger partial charge in [-0.3, -0.25) is 49.8 Å². The van der Waals surface area contributed by atoms with Crippen LogP contribution in [0.25, 0.3) is 0 Å². The molecule has 7 rings (SSSR count). The molecule has 0 saturated carbocycles. The molecule has 0 fully saturated rings. The maximum Gasteiger partial charge on any atom is 0.411 e. The monoisotopic (exact) mass is 966 g/mol. The first-order valence-corrected chi connectivity index (χ1v) is 22.2. The van der Waals surface area contributed by atoms with Crippen molar-refractivity contribution < 1.29 is 70.5 Å². The van der Waals surface area contributed by atoms with Gasteiger partial charge in [-0.2, -0.15) is 8.42 Å². The minimum absolute atomic E-state index is 0.0230. The van der Waals surface area contributed by atoms with Gasteiger partial charge in [-0.1, -0.05) is 19.1 Å². The maximum absolute atomic E-state index is 13.6. The van der Waals surface area contributed by atoms with E-state index in [2.05, 4.69) is 21.3 Å². The first-order chi connectivity index (χ1) is 32.8. The lowest BCUT2D eigenvalue weighted by atomic mass is 9.77. The summed E-state index contributed by atoms with van der Waals surface area (Å²) in [5, 5.41) is 33.5. The molecule has 0 bridgehead atoms. The Morgan fingerprint density at radius 1 is 0.681 bits per heavy atom. The van der Waals surface area contributed by atoms with Crippen molar-refractivity contribution >= 4 is 68.6 Å². The van der Waals surface area contributed by atoms with Crippen LogP contribution in [0.4, 0.5) is 32.3 Å². The Kier molecular flexibility index (Phi) is 13.7. The zero-order valence-electron chi connectivity index (χ0n) is 36.2. The van der Waals surface area contributed by atoms with Gasteiger partial charge in [0.25, 0.3) is 33.3 Å². The molecule has 0 radical (unpaired) electrons. The molecular weight excluding hydrogens is 929 g/mol. The molecule has 2 aliphatic rings. The Hall–Kier alpha value is -8.77. The Balaban J connectivity index is 1.14. The molecule has 1 spiro atoms. The van der Waals surface area contributed by atoms with E-state index in [4.69, 9.17) is 23.5 Å². The Morgan fingerprint density at radius 2 is 1.16 bits per heavy atom. The van der Waals surface area contributed by atoms with Crippen molar-refractivity contribution in [3.63, 3.8) is 0 Å². The number of nitrogens with zero attached hydrogens (tertiary/aromatic N) is 2. The second-order valence-corrected chi connectivity index (χ2v) is 16.9. The predicted octanol–water partition coefficient (Wildman–Crippen LogP) is 6.53. The van der Waals surface area contributed by atoms with E-state index < -0.39 is 86.7 Å². The number of nitrogens with one attached hydrogen (secondary N) is 4. The topological polar surface area (TPSA) is 328 Å². The summed E-state index contributed by atoms with van der Waals surface area (Å²) in [5.74, 6) is -3.12. The van der Waals surface area contributed by atoms with E-state index in [1.165, 1.54) is 67.6 Å². The van der Waals surface area contributed by atoms with Crippen LogP contribution in [0.5, 0.6) is 11.5 Å². The highest BCUT2D eigenvalue weighted by Gasteiger charge is 2.54. The van der Waals surface area contributed by atoms with Crippen LogP contribution in [0, 0.1) is 20.2 Å². The highest BCUT2D eigenvalue weighted by molar-refractivity contribution is 7.85. The number of nitro benzene ring substituents is 2. The molecule has 0 aromatic heterocycles. The summed E-state index contributed by atoms with van der Waals surface area (Å²) in [4.78, 5) is 99.5. The number of ketones is 1. The van der Waals surface area contributed by atoms with Gasteiger partial charge in [0, 0.05) is 82.1 Å². The smallest absolute Gasteiger partial charge is 0.411 e. The molecule has 1 atom stereocenters. The second kappa shape index (κ2) is 19.6. The standard InChI is InChI=1S/C45H38N6O17S/c1-3-14-46-40(53)26-5-12-36(50(58)59)28(17-26)22-65-43(56)48-30-7-10-34-38(20-30)67-39-21-31(8-11-35(39)45(34)33-9-4-25(24(2)52)19-32(33)42(55)68-45)49-44(57)66-23-29-18-27(6-13-37(29)51(60)61)41(54)47-15-16-69(62,63)64/h4-13,17-21H,3,14-16,22-23H2,1-2H3,(H,46,53)(H,47,54)(H,48,56)(H,49,57)(H,62,63,64). The van der Waals surface area contributed by atoms with Gasteiger partial charge in [-0.25, -0.2) is 14.4 Å². The van der Waals surface area contributed by atoms with Gasteiger partial charge >= 0.3 is 18.2 Å². The lowest BCUT2D eigenvalue weighted by Crippen LogP contribution is -2.33. The minimum atomic E-state index is -4.38.